The van der Waals surface area contributed by atoms with Gasteiger partial charge in [0.15, 0.2) is 23.1 Å². The highest BCUT2D eigenvalue weighted by Crippen LogP contribution is 2.20. The van der Waals surface area contributed by atoms with Gasteiger partial charge in [0, 0.05) is 18.9 Å². The van der Waals surface area contributed by atoms with Gasteiger partial charge >= 0.3 is 0 Å². The van der Waals surface area contributed by atoms with Gasteiger partial charge in [-0.05, 0) is 31.5 Å². The molecular formula is C19H18F3N5O2. The number of aryl methyl sites for hydroxylation is 1. The van der Waals surface area contributed by atoms with Crippen LogP contribution in [-0.4, -0.2) is 44.4 Å². The molecule has 0 aliphatic carbocycles. The number of carbonyl (C=O) groups is 2. The molecule has 7 nitrogen and oxygen atoms in total. The largest absolute Gasteiger partial charge is 0.329 e. The molecule has 0 aliphatic heterocycles. The van der Waals surface area contributed by atoms with Crippen LogP contribution in [0.1, 0.15) is 29.4 Å². The minimum atomic E-state index is -1.68. The summed E-state index contributed by atoms with van der Waals surface area (Å²) < 4.78 is 41.6. The molecule has 0 bridgehead atoms. The zero-order valence-electron chi connectivity index (χ0n) is 15.7. The van der Waals surface area contributed by atoms with E-state index in [9.17, 15) is 22.8 Å². The fourth-order valence-corrected chi connectivity index (χ4v) is 2.91. The molecule has 152 valence electrons. The van der Waals surface area contributed by atoms with E-state index in [0.717, 1.165) is 6.07 Å². The molecule has 0 saturated carbocycles. The SMILES string of the molecule is CCCN(CC(=O)Nc1ccc(F)c(F)c1F)C(=O)c1c(C)nn2cccnc12. The highest BCUT2D eigenvalue weighted by Gasteiger charge is 2.25. The smallest absolute Gasteiger partial charge is 0.260 e. The summed E-state index contributed by atoms with van der Waals surface area (Å²) in [5.74, 6) is -5.76. The van der Waals surface area contributed by atoms with E-state index < -0.39 is 41.5 Å². The van der Waals surface area contributed by atoms with Crippen LogP contribution in [-0.2, 0) is 4.79 Å². The maximum Gasteiger partial charge on any atom is 0.260 e. The molecule has 1 N–H and O–H groups in total. The average molecular weight is 405 g/mol. The molecule has 2 amide bonds. The molecule has 0 atom stereocenters. The van der Waals surface area contributed by atoms with Crippen molar-refractivity contribution in [3.8, 4) is 0 Å². The monoisotopic (exact) mass is 405 g/mol. The summed E-state index contributed by atoms with van der Waals surface area (Å²) >= 11 is 0. The lowest BCUT2D eigenvalue weighted by Crippen LogP contribution is -2.39. The number of anilines is 1. The Morgan fingerprint density at radius 2 is 1.97 bits per heavy atom. The molecule has 0 spiro atoms. The number of nitrogens with one attached hydrogen (secondary N) is 1. The Balaban J connectivity index is 1.82. The molecule has 1 aromatic carbocycles. The third-order valence-corrected chi connectivity index (χ3v) is 4.21. The number of hydrogen-bond donors (Lipinski definition) is 1. The van der Waals surface area contributed by atoms with Crippen LogP contribution in [0.15, 0.2) is 30.6 Å². The van der Waals surface area contributed by atoms with Crippen LogP contribution in [0.4, 0.5) is 18.9 Å². The number of amides is 2. The Morgan fingerprint density at radius 3 is 2.69 bits per heavy atom. The first-order chi connectivity index (χ1) is 13.8. The second kappa shape index (κ2) is 8.29. The van der Waals surface area contributed by atoms with E-state index in [0.29, 0.717) is 23.8 Å². The zero-order valence-corrected chi connectivity index (χ0v) is 15.7. The molecule has 2 heterocycles. The Labute approximate surface area is 164 Å². The van der Waals surface area contributed by atoms with Gasteiger partial charge in [-0.2, -0.15) is 5.10 Å². The lowest BCUT2D eigenvalue weighted by atomic mass is 10.2. The fourth-order valence-electron chi connectivity index (χ4n) is 2.91. The summed E-state index contributed by atoms with van der Waals surface area (Å²) in [6, 6.07) is 3.29. The first-order valence-electron chi connectivity index (χ1n) is 8.86. The van der Waals surface area contributed by atoms with E-state index in [-0.39, 0.29) is 12.1 Å². The van der Waals surface area contributed by atoms with Crippen molar-refractivity contribution in [3.63, 3.8) is 0 Å². The summed E-state index contributed by atoms with van der Waals surface area (Å²) in [5.41, 5.74) is 0.544. The van der Waals surface area contributed by atoms with Gasteiger partial charge in [-0.25, -0.2) is 22.7 Å². The van der Waals surface area contributed by atoms with E-state index in [1.54, 1.807) is 19.2 Å². The highest BCUT2D eigenvalue weighted by atomic mass is 19.2. The van der Waals surface area contributed by atoms with Gasteiger partial charge in [0.25, 0.3) is 5.91 Å². The third kappa shape index (κ3) is 4.05. The van der Waals surface area contributed by atoms with Crippen molar-refractivity contribution >= 4 is 23.1 Å². The molecule has 3 aromatic rings. The van der Waals surface area contributed by atoms with Crippen LogP contribution >= 0.6 is 0 Å². The van der Waals surface area contributed by atoms with Crippen molar-refractivity contribution in [2.45, 2.75) is 20.3 Å². The normalized spacial score (nSPS) is 10.9. The summed E-state index contributed by atoms with van der Waals surface area (Å²) in [6.45, 7) is 3.32. The summed E-state index contributed by atoms with van der Waals surface area (Å²) in [6.07, 6.45) is 3.73. The fraction of sp³-hybridized carbons (Fsp3) is 0.263. The number of hydrogen-bond acceptors (Lipinski definition) is 4. The standard InChI is InChI=1S/C19H18F3N5O2/c1-3-8-26(10-14(28)24-13-6-5-12(20)16(21)17(13)22)19(29)15-11(2)25-27-9-4-7-23-18(15)27/h4-7,9H,3,8,10H2,1-2H3,(H,24,28). The number of benzene rings is 1. The third-order valence-electron chi connectivity index (χ3n) is 4.21. The molecule has 2 aromatic heterocycles. The van der Waals surface area contributed by atoms with E-state index >= 15 is 0 Å². The Bertz CT molecular complexity index is 1080. The van der Waals surface area contributed by atoms with Gasteiger partial charge in [0.1, 0.15) is 12.1 Å². The molecule has 0 radical (unpaired) electrons. The van der Waals surface area contributed by atoms with E-state index in [2.05, 4.69) is 15.4 Å². The number of carbonyl (C=O) groups excluding carboxylic acids is 2. The molecule has 0 saturated heterocycles. The maximum atomic E-state index is 13.8. The number of rotatable bonds is 6. The summed E-state index contributed by atoms with van der Waals surface area (Å²) in [4.78, 5) is 30.8. The molecule has 3 rings (SSSR count). The molecule has 0 unspecified atom stereocenters. The van der Waals surface area contributed by atoms with Gasteiger partial charge in [0.2, 0.25) is 5.91 Å². The zero-order chi connectivity index (χ0) is 21.1. The van der Waals surface area contributed by atoms with Gasteiger partial charge in [-0.15, -0.1) is 0 Å². The molecule has 0 fully saturated rings. The summed E-state index contributed by atoms with van der Waals surface area (Å²) in [7, 11) is 0. The van der Waals surface area contributed by atoms with Crippen LogP contribution in [0.5, 0.6) is 0 Å². The van der Waals surface area contributed by atoms with E-state index in [1.165, 1.54) is 15.6 Å². The van der Waals surface area contributed by atoms with Crippen molar-refractivity contribution in [2.24, 2.45) is 0 Å². The molecule has 29 heavy (non-hydrogen) atoms. The first-order valence-corrected chi connectivity index (χ1v) is 8.86. The second-order valence-corrected chi connectivity index (χ2v) is 6.35. The summed E-state index contributed by atoms with van der Waals surface area (Å²) in [5, 5.41) is 6.40. The number of fused-ring (bicyclic) bond motifs is 1. The lowest BCUT2D eigenvalue weighted by Gasteiger charge is -2.21. The number of aromatic nitrogens is 3. The topological polar surface area (TPSA) is 79.6 Å². The van der Waals surface area contributed by atoms with Crippen molar-refractivity contribution in [2.75, 3.05) is 18.4 Å². The molecular weight excluding hydrogens is 387 g/mol. The van der Waals surface area contributed by atoms with Crippen molar-refractivity contribution in [3.05, 3.63) is 59.3 Å². The second-order valence-electron chi connectivity index (χ2n) is 6.35. The van der Waals surface area contributed by atoms with Crippen molar-refractivity contribution in [1.82, 2.24) is 19.5 Å². The molecule has 10 heteroatoms. The van der Waals surface area contributed by atoms with Crippen LogP contribution in [0.3, 0.4) is 0 Å². The van der Waals surface area contributed by atoms with Gasteiger partial charge in [-0.1, -0.05) is 6.92 Å². The van der Waals surface area contributed by atoms with E-state index in [4.69, 9.17) is 0 Å². The van der Waals surface area contributed by atoms with Gasteiger partial charge in [0.05, 0.1) is 11.4 Å². The molecule has 0 aliphatic rings. The minimum Gasteiger partial charge on any atom is -0.329 e. The van der Waals surface area contributed by atoms with Crippen molar-refractivity contribution < 1.29 is 22.8 Å². The number of halogens is 3. The van der Waals surface area contributed by atoms with Crippen LogP contribution in [0, 0.1) is 24.4 Å². The Morgan fingerprint density at radius 1 is 1.21 bits per heavy atom. The Hall–Kier alpha value is -3.43. The number of nitrogens with zero attached hydrogens (tertiary/aromatic N) is 4. The Kier molecular flexibility index (Phi) is 5.81. The van der Waals surface area contributed by atoms with Crippen LogP contribution in [0.25, 0.3) is 5.65 Å². The predicted octanol–water partition coefficient (Wildman–Crippen LogP) is 2.95. The highest BCUT2D eigenvalue weighted by molar-refractivity contribution is 6.03. The van der Waals surface area contributed by atoms with Gasteiger partial charge < -0.3 is 10.2 Å². The van der Waals surface area contributed by atoms with Crippen LogP contribution < -0.4 is 5.32 Å². The maximum absolute atomic E-state index is 13.8. The van der Waals surface area contributed by atoms with E-state index in [1.807, 2.05) is 6.92 Å². The van der Waals surface area contributed by atoms with Crippen molar-refractivity contribution in [1.29, 1.82) is 0 Å². The quantitative estimate of drug-likeness (QED) is 0.640. The lowest BCUT2D eigenvalue weighted by molar-refractivity contribution is -0.116. The van der Waals surface area contributed by atoms with Crippen LogP contribution in [0.2, 0.25) is 0 Å². The predicted molar refractivity (Wildman–Crippen MR) is 98.9 cm³/mol. The minimum absolute atomic E-state index is 0.246. The van der Waals surface area contributed by atoms with Gasteiger partial charge in [-0.3, -0.25) is 9.59 Å². The average Bonchev–Trinajstić information content (AvgIpc) is 3.03. The first kappa shape index (κ1) is 20.3.